The van der Waals surface area contributed by atoms with Crippen molar-refractivity contribution in [2.75, 3.05) is 0 Å². The van der Waals surface area contributed by atoms with Crippen molar-refractivity contribution < 1.29 is 4.70 Å². The molecule has 2 aromatic rings. The lowest BCUT2D eigenvalue weighted by Crippen LogP contribution is -2.05. The zero-order valence-electron chi connectivity index (χ0n) is 35.2. The highest BCUT2D eigenvalue weighted by Crippen LogP contribution is 2.45. The first-order valence-corrected chi connectivity index (χ1v) is 22.7. The summed E-state index contributed by atoms with van der Waals surface area (Å²) < 4.78 is 1.69. The molecule has 3 rings (SSSR count). The van der Waals surface area contributed by atoms with Crippen molar-refractivity contribution in [2.45, 2.75) is 221 Å². The van der Waals surface area contributed by atoms with E-state index in [0.717, 1.165) is 62.8 Å². The SMILES string of the molecule is CCCCCCC1=C(c2cc(CCCCCC)cc(CCCCCC)c2)[N+](=[N-])C(c2cc(CCCCCC)cc(CCCCCC)c2)=C1CCCC. The van der Waals surface area contributed by atoms with E-state index < -0.39 is 0 Å². The summed E-state index contributed by atoms with van der Waals surface area (Å²) in [6.45, 7) is 13.8. The Hall–Kier alpha value is -2.48. The Balaban J connectivity index is 2.16. The molecule has 2 aromatic carbocycles. The molecule has 0 saturated heterocycles. The molecule has 1 aliphatic heterocycles. The lowest BCUT2D eigenvalue weighted by molar-refractivity contribution is -0.345. The van der Waals surface area contributed by atoms with Crippen LogP contribution in [-0.4, -0.2) is 4.70 Å². The number of allylic oxidation sites excluding steroid dienone is 2. The number of rotatable bonds is 30. The maximum Gasteiger partial charge on any atom is 0.211 e. The summed E-state index contributed by atoms with van der Waals surface area (Å²) in [5, 5.41) is 0. The third-order valence-corrected chi connectivity index (χ3v) is 11.3. The van der Waals surface area contributed by atoms with Crippen LogP contribution in [0.15, 0.2) is 47.5 Å². The Morgan fingerprint density at radius 3 is 0.885 bits per heavy atom. The molecule has 1 heterocycles. The molecule has 0 spiro atoms. The highest BCUT2D eigenvalue weighted by molar-refractivity contribution is 5.82. The van der Waals surface area contributed by atoms with Crippen LogP contribution in [0.3, 0.4) is 0 Å². The first kappa shape index (κ1) is 43.9. The largest absolute Gasteiger partial charge is 0.493 e. The van der Waals surface area contributed by atoms with Gasteiger partial charge < -0.3 is 5.53 Å². The van der Waals surface area contributed by atoms with E-state index in [1.165, 1.54) is 173 Å². The summed E-state index contributed by atoms with van der Waals surface area (Å²) >= 11 is 0. The molecule has 0 radical (unpaired) electrons. The van der Waals surface area contributed by atoms with Crippen molar-refractivity contribution in [1.82, 2.24) is 0 Å². The van der Waals surface area contributed by atoms with Crippen molar-refractivity contribution in [3.8, 4) is 0 Å². The third-order valence-electron chi connectivity index (χ3n) is 11.3. The third kappa shape index (κ3) is 14.7. The van der Waals surface area contributed by atoms with Gasteiger partial charge in [0.2, 0.25) is 11.4 Å². The molecule has 1 aliphatic rings. The first-order chi connectivity index (χ1) is 25.5. The second kappa shape index (κ2) is 26.3. The molecular weight excluding hydrogens is 629 g/mol. The number of benzene rings is 2. The summed E-state index contributed by atoms with van der Waals surface area (Å²) in [6.07, 6.45) is 34.4. The lowest BCUT2D eigenvalue weighted by Gasteiger charge is -2.15. The number of hydrogen-bond donors (Lipinski definition) is 0. The monoisotopic (exact) mass is 709 g/mol. The summed E-state index contributed by atoms with van der Waals surface area (Å²) in [7, 11) is 0. The number of nitrogens with zero attached hydrogens (tertiary/aromatic N) is 2. The smallest absolute Gasteiger partial charge is 0.211 e. The molecule has 0 unspecified atom stereocenters. The van der Waals surface area contributed by atoms with E-state index in [1.807, 2.05) is 0 Å². The van der Waals surface area contributed by atoms with Crippen LogP contribution >= 0.6 is 0 Å². The van der Waals surface area contributed by atoms with Crippen LogP contribution in [0.5, 0.6) is 0 Å². The Kier molecular flexibility index (Phi) is 22.2. The minimum atomic E-state index is 1.03. The molecule has 52 heavy (non-hydrogen) atoms. The quantitative estimate of drug-likeness (QED) is 0.0570. The van der Waals surface area contributed by atoms with Crippen molar-refractivity contribution in [2.24, 2.45) is 0 Å². The number of unbranched alkanes of at least 4 members (excludes halogenated alkanes) is 16. The van der Waals surface area contributed by atoms with E-state index in [-0.39, 0.29) is 0 Å². The molecule has 0 aromatic heterocycles. The normalized spacial score (nSPS) is 13.3. The Bertz CT molecular complexity index is 1310. The molecule has 0 fully saturated rings. The van der Waals surface area contributed by atoms with Gasteiger partial charge in [0.25, 0.3) is 0 Å². The highest BCUT2D eigenvalue weighted by Gasteiger charge is 2.35. The minimum Gasteiger partial charge on any atom is -0.493 e. The average molecular weight is 709 g/mol. The van der Waals surface area contributed by atoms with Gasteiger partial charge in [-0.3, -0.25) is 0 Å². The van der Waals surface area contributed by atoms with Crippen LogP contribution in [0, 0.1) is 0 Å². The van der Waals surface area contributed by atoms with Crippen molar-refractivity contribution in [3.63, 3.8) is 0 Å². The molecule has 2 nitrogen and oxygen atoms in total. The molecule has 0 amide bonds. The van der Waals surface area contributed by atoms with Gasteiger partial charge in [0.05, 0.1) is 0 Å². The summed E-state index contributed by atoms with van der Waals surface area (Å²) in [5.41, 5.74) is 26.0. The maximum atomic E-state index is 12.7. The minimum absolute atomic E-state index is 1.03. The van der Waals surface area contributed by atoms with E-state index >= 15 is 0 Å². The maximum absolute atomic E-state index is 12.7. The molecule has 0 aliphatic carbocycles. The molecule has 290 valence electrons. The van der Waals surface area contributed by atoms with Crippen molar-refractivity contribution >= 4 is 11.4 Å². The molecule has 0 bridgehead atoms. The van der Waals surface area contributed by atoms with Gasteiger partial charge in [-0.25, -0.2) is 4.70 Å². The number of hydrogen-bond acceptors (Lipinski definition) is 0. The molecule has 0 atom stereocenters. The second-order valence-corrected chi connectivity index (χ2v) is 16.2. The van der Waals surface area contributed by atoms with Gasteiger partial charge >= 0.3 is 0 Å². The molecule has 0 saturated carbocycles. The van der Waals surface area contributed by atoms with Gasteiger partial charge in [0.15, 0.2) is 0 Å². The molecular formula is C50H80N2. The summed E-state index contributed by atoms with van der Waals surface area (Å²) in [4.78, 5) is 0. The van der Waals surface area contributed by atoms with Crippen LogP contribution in [0.4, 0.5) is 0 Å². The van der Waals surface area contributed by atoms with Gasteiger partial charge in [-0.05, 0) is 124 Å². The van der Waals surface area contributed by atoms with Gasteiger partial charge in [-0.1, -0.05) is 156 Å². The van der Waals surface area contributed by atoms with Crippen molar-refractivity contribution in [1.29, 1.82) is 0 Å². The number of aryl methyl sites for hydroxylation is 4. The van der Waals surface area contributed by atoms with E-state index in [1.54, 1.807) is 4.70 Å². The molecule has 2 heteroatoms. The van der Waals surface area contributed by atoms with Crippen LogP contribution in [0.2, 0.25) is 0 Å². The lowest BCUT2D eigenvalue weighted by atomic mass is 9.89. The van der Waals surface area contributed by atoms with Gasteiger partial charge in [0, 0.05) is 22.3 Å². The standard InChI is InChI=1S/C50H80N2/c1-7-13-19-24-29-41-35-42(30-25-20-14-8-2)38-45(37-41)49-47(33-18-12-6)48(34-28-23-17-11-5)50(52(49)51)46-39-43(31-26-21-15-9-3)36-44(40-46)32-27-22-16-10-4/h35-40H,7-34H2,1-6H3. The zero-order valence-corrected chi connectivity index (χ0v) is 35.2. The van der Waals surface area contributed by atoms with Crippen LogP contribution in [0.25, 0.3) is 16.9 Å². The van der Waals surface area contributed by atoms with Gasteiger partial charge in [-0.2, -0.15) is 0 Å². The fourth-order valence-corrected chi connectivity index (χ4v) is 8.27. The predicted molar refractivity (Wildman–Crippen MR) is 230 cm³/mol. The van der Waals surface area contributed by atoms with E-state index in [2.05, 4.69) is 77.9 Å². The summed E-state index contributed by atoms with van der Waals surface area (Å²) in [5.74, 6) is 0. The second-order valence-electron chi connectivity index (χ2n) is 16.2. The first-order valence-electron chi connectivity index (χ1n) is 22.7. The predicted octanol–water partition coefficient (Wildman–Crippen LogP) is 16.5. The molecule has 0 N–H and O–H groups in total. The Morgan fingerprint density at radius 2 is 0.596 bits per heavy atom. The fraction of sp³-hybridized carbons (Fsp3) is 0.680. The topological polar surface area (TPSA) is 25.3 Å². The summed E-state index contributed by atoms with van der Waals surface area (Å²) in [6, 6.07) is 14.8. The van der Waals surface area contributed by atoms with E-state index in [4.69, 9.17) is 0 Å². The Labute approximate surface area is 322 Å². The van der Waals surface area contributed by atoms with Gasteiger partial charge in [-0.15, -0.1) is 0 Å². The van der Waals surface area contributed by atoms with Crippen LogP contribution in [0.1, 0.15) is 229 Å². The Morgan fingerprint density at radius 1 is 0.327 bits per heavy atom. The van der Waals surface area contributed by atoms with E-state index in [0.29, 0.717) is 0 Å². The zero-order chi connectivity index (χ0) is 37.4. The van der Waals surface area contributed by atoms with Gasteiger partial charge in [0.1, 0.15) is 0 Å². The van der Waals surface area contributed by atoms with Crippen LogP contribution in [-0.2, 0) is 25.7 Å². The highest BCUT2D eigenvalue weighted by atomic mass is 15.2. The van der Waals surface area contributed by atoms with Crippen molar-refractivity contribution in [3.05, 3.63) is 86.5 Å². The fourth-order valence-electron chi connectivity index (χ4n) is 8.27. The van der Waals surface area contributed by atoms with Crippen LogP contribution < -0.4 is 0 Å². The average Bonchev–Trinajstić information content (AvgIpc) is 3.43. The van der Waals surface area contributed by atoms with E-state index in [9.17, 15) is 5.53 Å².